The molecule has 0 fully saturated rings. The van der Waals surface area contributed by atoms with Gasteiger partial charge in [-0.3, -0.25) is 9.79 Å². The number of carbonyl (C=O) groups excluding carboxylic acids is 1. The first-order valence-corrected chi connectivity index (χ1v) is 10.7. The fourth-order valence-electron chi connectivity index (χ4n) is 3.70. The molecule has 0 atom stereocenters. The molecule has 0 aromatic heterocycles. The van der Waals surface area contributed by atoms with Gasteiger partial charge in [0.2, 0.25) is 5.91 Å². The van der Waals surface area contributed by atoms with Gasteiger partial charge in [-0.1, -0.05) is 19.1 Å². The normalized spacial score (nSPS) is 13.1. The summed E-state index contributed by atoms with van der Waals surface area (Å²) in [5, 5.41) is 3.09. The number of halogens is 1. The van der Waals surface area contributed by atoms with Gasteiger partial charge in [0.1, 0.15) is 0 Å². The first-order valence-electron chi connectivity index (χ1n) is 10.7. The molecular formula is C24H33IN4O3. The number of nitrogens with zero attached hydrogens (tertiary/aromatic N) is 2. The van der Waals surface area contributed by atoms with Gasteiger partial charge in [0, 0.05) is 31.7 Å². The van der Waals surface area contributed by atoms with Crippen LogP contribution < -0.4 is 20.5 Å². The monoisotopic (exact) mass is 552 g/mol. The maximum Gasteiger partial charge on any atom is 0.222 e. The molecule has 0 saturated heterocycles. The molecule has 1 amide bonds. The third-order valence-corrected chi connectivity index (χ3v) is 5.54. The highest BCUT2D eigenvalue weighted by Crippen LogP contribution is 2.33. The lowest BCUT2D eigenvalue weighted by Crippen LogP contribution is -2.36. The van der Waals surface area contributed by atoms with Crippen LogP contribution in [-0.4, -0.2) is 44.1 Å². The number of amides is 1. The smallest absolute Gasteiger partial charge is 0.222 e. The van der Waals surface area contributed by atoms with Crippen molar-refractivity contribution in [1.82, 2.24) is 4.90 Å². The van der Waals surface area contributed by atoms with Crippen molar-refractivity contribution in [1.29, 1.82) is 0 Å². The molecule has 3 N–H and O–H groups in total. The van der Waals surface area contributed by atoms with Crippen LogP contribution in [0.5, 0.6) is 11.5 Å². The molecule has 0 saturated carbocycles. The summed E-state index contributed by atoms with van der Waals surface area (Å²) in [5.74, 6) is 1.92. The molecule has 174 valence electrons. The number of aliphatic imine (C=N–C) groups is 1. The summed E-state index contributed by atoms with van der Waals surface area (Å²) in [7, 11) is 3.26. The third-order valence-electron chi connectivity index (χ3n) is 5.54. The van der Waals surface area contributed by atoms with Gasteiger partial charge in [-0.15, -0.1) is 24.0 Å². The molecule has 1 aliphatic rings. The number of nitrogens with one attached hydrogen (secondary N) is 1. The lowest BCUT2D eigenvalue weighted by atomic mass is 9.98. The molecule has 1 heterocycles. The highest BCUT2D eigenvalue weighted by molar-refractivity contribution is 14.0. The number of hydrogen-bond donors (Lipinski definition) is 2. The molecule has 3 rings (SSSR count). The SMILES string of the molecule is CCc1ccc(NC(N)=NCCCC(=O)N2CCc3cc(OC)c(OC)cc3C2)cc1.I. The molecule has 7 nitrogen and oxygen atoms in total. The second-order valence-corrected chi connectivity index (χ2v) is 7.59. The number of aryl methyl sites for hydroxylation is 1. The summed E-state index contributed by atoms with van der Waals surface area (Å²) in [4.78, 5) is 18.9. The summed E-state index contributed by atoms with van der Waals surface area (Å²) >= 11 is 0. The number of hydrogen-bond acceptors (Lipinski definition) is 4. The quantitative estimate of drug-likeness (QED) is 0.224. The van der Waals surface area contributed by atoms with E-state index in [4.69, 9.17) is 15.2 Å². The molecule has 2 aromatic carbocycles. The molecule has 1 aliphatic heterocycles. The van der Waals surface area contributed by atoms with Gasteiger partial charge < -0.3 is 25.4 Å². The highest BCUT2D eigenvalue weighted by Gasteiger charge is 2.22. The number of methoxy groups -OCH3 is 2. The fraction of sp³-hybridized carbons (Fsp3) is 0.417. The van der Waals surface area contributed by atoms with Crippen LogP contribution in [0, 0.1) is 0 Å². The van der Waals surface area contributed by atoms with Crippen molar-refractivity contribution in [3.05, 3.63) is 53.1 Å². The van der Waals surface area contributed by atoms with Crippen LogP contribution in [-0.2, 0) is 24.2 Å². The van der Waals surface area contributed by atoms with Crippen LogP contribution in [0.2, 0.25) is 0 Å². The summed E-state index contributed by atoms with van der Waals surface area (Å²) in [6.45, 7) is 3.93. The Kier molecular flexibility index (Phi) is 10.1. The van der Waals surface area contributed by atoms with Crippen molar-refractivity contribution in [2.75, 3.05) is 32.6 Å². The van der Waals surface area contributed by atoms with Crippen LogP contribution in [0.25, 0.3) is 0 Å². The number of anilines is 1. The Labute approximate surface area is 207 Å². The van der Waals surface area contributed by atoms with Crippen molar-refractivity contribution < 1.29 is 14.3 Å². The van der Waals surface area contributed by atoms with Gasteiger partial charge in [0.25, 0.3) is 0 Å². The Bertz CT molecular complexity index is 932. The van der Waals surface area contributed by atoms with E-state index in [0.29, 0.717) is 44.2 Å². The molecule has 0 radical (unpaired) electrons. The number of fused-ring (bicyclic) bond motifs is 1. The molecule has 0 unspecified atom stereocenters. The predicted octanol–water partition coefficient (Wildman–Crippen LogP) is 3.98. The molecule has 32 heavy (non-hydrogen) atoms. The molecule has 0 aliphatic carbocycles. The average molecular weight is 552 g/mol. The zero-order valence-corrected chi connectivity index (χ0v) is 21.3. The lowest BCUT2D eigenvalue weighted by molar-refractivity contribution is -0.132. The van der Waals surface area contributed by atoms with E-state index in [9.17, 15) is 4.79 Å². The summed E-state index contributed by atoms with van der Waals surface area (Å²) in [5.41, 5.74) is 10.5. The average Bonchev–Trinajstić information content (AvgIpc) is 2.80. The van der Waals surface area contributed by atoms with Crippen LogP contribution in [0.15, 0.2) is 41.4 Å². The topological polar surface area (TPSA) is 89.2 Å². The van der Waals surface area contributed by atoms with Crippen molar-refractivity contribution in [3.63, 3.8) is 0 Å². The number of guanidine groups is 1. The van der Waals surface area contributed by atoms with E-state index in [1.165, 1.54) is 11.1 Å². The van der Waals surface area contributed by atoms with Crippen LogP contribution in [0.3, 0.4) is 0 Å². The predicted molar refractivity (Wildman–Crippen MR) is 139 cm³/mol. The maximum absolute atomic E-state index is 12.7. The van der Waals surface area contributed by atoms with E-state index in [0.717, 1.165) is 29.8 Å². The van der Waals surface area contributed by atoms with Crippen molar-refractivity contribution in [2.45, 2.75) is 39.2 Å². The number of ether oxygens (including phenoxy) is 2. The molecule has 2 aromatic rings. The number of nitrogens with two attached hydrogens (primary N) is 1. The largest absolute Gasteiger partial charge is 0.493 e. The van der Waals surface area contributed by atoms with Crippen LogP contribution >= 0.6 is 24.0 Å². The van der Waals surface area contributed by atoms with E-state index in [1.807, 2.05) is 29.2 Å². The number of rotatable bonds is 8. The van der Waals surface area contributed by atoms with Gasteiger partial charge in [0.15, 0.2) is 17.5 Å². The Morgan fingerprint density at radius 1 is 1.12 bits per heavy atom. The van der Waals surface area contributed by atoms with Gasteiger partial charge in [-0.05, 0) is 60.2 Å². The van der Waals surface area contributed by atoms with Crippen LogP contribution in [0.1, 0.15) is 36.5 Å². The summed E-state index contributed by atoms with van der Waals surface area (Å²) in [6.07, 6.45) is 2.92. The number of carbonyl (C=O) groups is 1. The second kappa shape index (κ2) is 12.5. The minimum Gasteiger partial charge on any atom is -0.493 e. The van der Waals surface area contributed by atoms with Crippen molar-refractivity contribution >= 4 is 41.5 Å². The molecule has 0 bridgehead atoms. The third kappa shape index (κ3) is 6.75. The Hall–Kier alpha value is -2.49. The molecule has 0 spiro atoms. The Balaban J connectivity index is 0.00000363. The van der Waals surface area contributed by atoms with E-state index in [1.54, 1.807) is 14.2 Å². The Morgan fingerprint density at radius 2 is 1.78 bits per heavy atom. The second-order valence-electron chi connectivity index (χ2n) is 7.59. The maximum atomic E-state index is 12.7. The standard InChI is InChI=1S/C24H32N4O3.HI/c1-4-17-7-9-20(10-8-17)27-24(25)26-12-5-6-23(29)28-13-11-18-14-21(30-2)22(31-3)15-19(18)16-28;/h7-10,14-15H,4-6,11-13,16H2,1-3H3,(H3,25,26,27);1H. The highest BCUT2D eigenvalue weighted by atomic mass is 127. The fourth-order valence-corrected chi connectivity index (χ4v) is 3.70. The van der Waals surface area contributed by atoms with Crippen molar-refractivity contribution in [2.24, 2.45) is 10.7 Å². The molecule has 8 heteroatoms. The van der Waals surface area contributed by atoms with E-state index in [-0.39, 0.29) is 29.9 Å². The minimum atomic E-state index is 0. The summed E-state index contributed by atoms with van der Waals surface area (Å²) in [6, 6.07) is 12.1. The molecular weight excluding hydrogens is 519 g/mol. The van der Waals surface area contributed by atoms with Gasteiger partial charge in [-0.2, -0.15) is 0 Å². The first-order chi connectivity index (χ1) is 15.0. The zero-order valence-electron chi connectivity index (χ0n) is 19.0. The van der Waals surface area contributed by atoms with Gasteiger partial charge in [0.05, 0.1) is 14.2 Å². The first kappa shape index (κ1) is 25.8. The minimum absolute atomic E-state index is 0. The Morgan fingerprint density at radius 3 is 2.41 bits per heavy atom. The van der Waals surface area contributed by atoms with Crippen molar-refractivity contribution in [3.8, 4) is 11.5 Å². The van der Waals surface area contributed by atoms with Crippen LogP contribution in [0.4, 0.5) is 5.69 Å². The van der Waals surface area contributed by atoms with Gasteiger partial charge in [-0.25, -0.2) is 0 Å². The number of benzene rings is 2. The van der Waals surface area contributed by atoms with E-state index < -0.39 is 0 Å². The lowest BCUT2D eigenvalue weighted by Gasteiger charge is -2.29. The van der Waals surface area contributed by atoms with E-state index in [2.05, 4.69) is 29.4 Å². The summed E-state index contributed by atoms with van der Waals surface area (Å²) < 4.78 is 10.8. The van der Waals surface area contributed by atoms with Gasteiger partial charge >= 0.3 is 0 Å². The van der Waals surface area contributed by atoms with E-state index >= 15 is 0 Å². The zero-order chi connectivity index (χ0) is 22.2.